The Bertz CT molecular complexity index is 427. The van der Waals surface area contributed by atoms with Gasteiger partial charge in [-0.2, -0.15) is 0 Å². The molecule has 1 unspecified atom stereocenters. The summed E-state index contributed by atoms with van der Waals surface area (Å²) in [5.41, 5.74) is 9.96. The lowest BCUT2D eigenvalue weighted by molar-refractivity contribution is 0.222. The van der Waals surface area contributed by atoms with Crippen LogP contribution in [0.25, 0.3) is 0 Å². The zero-order chi connectivity index (χ0) is 13.3. The van der Waals surface area contributed by atoms with Gasteiger partial charge in [0.1, 0.15) is 0 Å². The monoisotopic (exact) mass is 257 g/mol. The minimum Gasteiger partial charge on any atom is -0.323 e. The summed E-state index contributed by atoms with van der Waals surface area (Å²) in [6.45, 7) is 2.32. The Balaban J connectivity index is 1.84. The molecule has 19 heavy (non-hydrogen) atoms. The molecule has 2 fully saturated rings. The van der Waals surface area contributed by atoms with Gasteiger partial charge in [-0.3, -0.25) is 0 Å². The largest absolute Gasteiger partial charge is 0.323 e. The normalized spacial score (nSPS) is 24.1. The summed E-state index contributed by atoms with van der Waals surface area (Å²) < 4.78 is 0. The Morgan fingerprint density at radius 2 is 1.95 bits per heavy atom. The van der Waals surface area contributed by atoms with Crippen LogP contribution in [-0.4, -0.2) is 0 Å². The Hall–Kier alpha value is -0.820. The highest BCUT2D eigenvalue weighted by molar-refractivity contribution is 5.30. The van der Waals surface area contributed by atoms with E-state index in [1.165, 1.54) is 62.5 Å². The third kappa shape index (κ3) is 2.33. The van der Waals surface area contributed by atoms with Crippen molar-refractivity contribution in [1.82, 2.24) is 0 Å². The van der Waals surface area contributed by atoms with Gasteiger partial charge in [-0.15, -0.1) is 0 Å². The summed E-state index contributed by atoms with van der Waals surface area (Å²) in [4.78, 5) is 0. The number of benzene rings is 1. The first-order valence-electron chi connectivity index (χ1n) is 8.10. The van der Waals surface area contributed by atoms with Crippen LogP contribution < -0.4 is 5.73 Å². The van der Waals surface area contributed by atoms with Crippen LogP contribution in [0.15, 0.2) is 24.3 Å². The molecule has 2 aliphatic rings. The molecule has 1 aromatic carbocycles. The van der Waals surface area contributed by atoms with Crippen LogP contribution in [-0.2, 0) is 0 Å². The molecule has 2 aliphatic carbocycles. The third-order valence-electron chi connectivity index (χ3n) is 5.81. The minimum absolute atomic E-state index is 0.236. The van der Waals surface area contributed by atoms with Gasteiger partial charge in [0.2, 0.25) is 0 Å². The van der Waals surface area contributed by atoms with Gasteiger partial charge in [-0.25, -0.2) is 0 Å². The van der Waals surface area contributed by atoms with Crippen LogP contribution in [0.1, 0.15) is 81.4 Å². The fraction of sp³-hybridized carbons (Fsp3) is 0.667. The smallest absolute Gasteiger partial charge is 0.0352 e. The quantitative estimate of drug-likeness (QED) is 0.813. The summed E-state index contributed by atoms with van der Waals surface area (Å²) in [5, 5.41) is 0. The number of hydrogen-bond donors (Lipinski definition) is 1. The highest BCUT2D eigenvalue weighted by Gasteiger charge is 2.38. The molecule has 104 valence electrons. The van der Waals surface area contributed by atoms with Crippen LogP contribution in [0.5, 0.6) is 0 Å². The van der Waals surface area contributed by atoms with Crippen molar-refractivity contribution in [3.05, 3.63) is 35.4 Å². The van der Waals surface area contributed by atoms with Crippen LogP contribution in [0.3, 0.4) is 0 Å². The average Bonchev–Trinajstić information content (AvgIpc) is 2.86. The number of nitrogens with two attached hydrogens (primary N) is 1. The fourth-order valence-electron chi connectivity index (χ4n) is 4.07. The Labute approximate surface area is 117 Å². The van der Waals surface area contributed by atoms with Gasteiger partial charge >= 0.3 is 0 Å². The number of rotatable bonds is 4. The van der Waals surface area contributed by atoms with Crippen LogP contribution in [0.2, 0.25) is 0 Å². The van der Waals surface area contributed by atoms with Gasteiger partial charge in [-0.1, -0.05) is 50.5 Å². The first-order chi connectivity index (χ1) is 9.25. The lowest BCUT2D eigenvalue weighted by Gasteiger charge is -2.35. The maximum absolute atomic E-state index is 6.67. The summed E-state index contributed by atoms with van der Waals surface area (Å²) in [6.07, 6.45) is 10.7. The van der Waals surface area contributed by atoms with E-state index in [2.05, 4.69) is 31.2 Å². The van der Waals surface area contributed by atoms with Gasteiger partial charge in [-0.05, 0) is 54.6 Å². The van der Waals surface area contributed by atoms with E-state index < -0.39 is 0 Å². The lowest BCUT2D eigenvalue weighted by atomic mass is 9.72. The van der Waals surface area contributed by atoms with Crippen LogP contribution >= 0.6 is 0 Å². The van der Waals surface area contributed by atoms with E-state index >= 15 is 0 Å². The van der Waals surface area contributed by atoms with E-state index in [0.717, 1.165) is 5.92 Å². The molecule has 2 saturated carbocycles. The molecule has 1 atom stereocenters. The SMILES string of the molecule is CCC1(C(N)c2cccc(C3CCC3)c2)CCCC1. The van der Waals surface area contributed by atoms with Gasteiger partial charge in [0.15, 0.2) is 0 Å². The van der Waals surface area contributed by atoms with Crippen molar-refractivity contribution in [1.29, 1.82) is 0 Å². The molecule has 0 bridgehead atoms. The second kappa shape index (κ2) is 5.28. The van der Waals surface area contributed by atoms with Crippen molar-refractivity contribution in [3.63, 3.8) is 0 Å². The molecule has 0 heterocycles. The van der Waals surface area contributed by atoms with E-state index in [1.807, 2.05) is 0 Å². The maximum atomic E-state index is 6.67. The van der Waals surface area contributed by atoms with E-state index in [1.54, 1.807) is 0 Å². The van der Waals surface area contributed by atoms with Gasteiger partial charge in [0.05, 0.1) is 0 Å². The average molecular weight is 257 g/mol. The summed E-state index contributed by atoms with van der Waals surface area (Å²) in [5.74, 6) is 0.813. The molecule has 0 aliphatic heterocycles. The van der Waals surface area contributed by atoms with Crippen molar-refractivity contribution in [2.75, 3.05) is 0 Å². The first kappa shape index (κ1) is 13.2. The van der Waals surface area contributed by atoms with Crippen molar-refractivity contribution >= 4 is 0 Å². The number of hydrogen-bond acceptors (Lipinski definition) is 1. The molecule has 1 nitrogen and oxygen atoms in total. The van der Waals surface area contributed by atoms with Crippen LogP contribution in [0.4, 0.5) is 0 Å². The third-order valence-corrected chi connectivity index (χ3v) is 5.81. The Morgan fingerprint density at radius 1 is 1.21 bits per heavy atom. The molecular formula is C18H27N. The molecule has 2 N–H and O–H groups in total. The molecule has 1 aromatic rings. The Kier molecular flexibility index (Phi) is 3.66. The fourth-order valence-corrected chi connectivity index (χ4v) is 4.07. The van der Waals surface area contributed by atoms with E-state index in [-0.39, 0.29) is 6.04 Å². The molecule has 3 rings (SSSR count). The second-order valence-electron chi connectivity index (χ2n) is 6.70. The second-order valence-corrected chi connectivity index (χ2v) is 6.70. The highest BCUT2D eigenvalue weighted by atomic mass is 14.7. The van der Waals surface area contributed by atoms with Crippen molar-refractivity contribution < 1.29 is 0 Å². The van der Waals surface area contributed by atoms with Gasteiger partial charge in [0, 0.05) is 6.04 Å². The molecular weight excluding hydrogens is 230 g/mol. The molecule has 0 aromatic heterocycles. The van der Waals surface area contributed by atoms with Crippen molar-refractivity contribution in [2.45, 2.75) is 70.3 Å². The predicted molar refractivity (Wildman–Crippen MR) is 81.2 cm³/mol. The zero-order valence-corrected chi connectivity index (χ0v) is 12.2. The highest BCUT2D eigenvalue weighted by Crippen LogP contribution is 2.49. The van der Waals surface area contributed by atoms with Gasteiger partial charge < -0.3 is 5.73 Å². The van der Waals surface area contributed by atoms with Crippen LogP contribution in [0, 0.1) is 5.41 Å². The lowest BCUT2D eigenvalue weighted by Crippen LogP contribution is -2.31. The van der Waals surface area contributed by atoms with Crippen molar-refractivity contribution in [2.24, 2.45) is 11.1 Å². The molecule has 0 radical (unpaired) electrons. The van der Waals surface area contributed by atoms with Gasteiger partial charge in [0.25, 0.3) is 0 Å². The molecule has 0 amide bonds. The first-order valence-corrected chi connectivity index (χ1v) is 8.10. The predicted octanol–water partition coefficient (Wildman–Crippen LogP) is 4.92. The summed E-state index contributed by atoms with van der Waals surface area (Å²) in [7, 11) is 0. The zero-order valence-electron chi connectivity index (χ0n) is 12.2. The minimum atomic E-state index is 0.236. The topological polar surface area (TPSA) is 26.0 Å². The van der Waals surface area contributed by atoms with E-state index in [4.69, 9.17) is 5.73 Å². The molecule has 0 spiro atoms. The summed E-state index contributed by atoms with van der Waals surface area (Å²) in [6, 6.07) is 9.42. The Morgan fingerprint density at radius 3 is 2.53 bits per heavy atom. The summed E-state index contributed by atoms with van der Waals surface area (Å²) >= 11 is 0. The van der Waals surface area contributed by atoms with Crippen molar-refractivity contribution in [3.8, 4) is 0 Å². The molecule has 1 heteroatoms. The van der Waals surface area contributed by atoms with E-state index in [0.29, 0.717) is 5.41 Å². The standard InChI is InChI=1S/C18H27N/c1-2-18(11-3-4-12-18)17(19)16-10-6-9-15(13-16)14-7-5-8-14/h6,9-10,13-14,17H,2-5,7-8,11-12,19H2,1H3. The maximum Gasteiger partial charge on any atom is 0.0352 e. The molecule has 0 saturated heterocycles. The van der Waals surface area contributed by atoms with E-state index in [9.17, 15) is 0 Å².